The summed E-state index contributed by atoms with van der Waals surface area (Å²) in [5.41, 5.74) is 0.933. The fourth-order valence-electron chi connectivity index (χ4n) is 2.30. The Kier molecular flexibility index (Phi) is 4.07. The topological polar surface area (TPSA) is 18.5 Å². The van der Waals surface area contributed by atoms with E-state index in [1.54, 1.807) is 0 Å². The molecule has 1 heterocycles. The minimum atomic E-state index is -0.224. The summed E-state index contributed by atoms with van der Waals surface area (Å²) in [6.07, 6.45) is 2.16. The molecule has 0 bridgehead atoms. The van der Waals surface area contributed by atoms with Gasteiger partial charge in [-0.3, -0.25) is 0 Å². The van der Waals surface area contributed by atoms with E-state index in [4.69, 9.17) is 9.31 Å². The first-order chi connectivity index (χ1) is 8.82. The lowest BCUT2D eigenvalue weighted by molar-refractivity contribution is 0.00578. The SMILES string of the molecule is C[C@@H](CCc1ccccc1)B1OC(C)(C)C(C)(C)O1. The van der Waals surface area contributed by atoms with Gasteiger partial charge in [0.15, 0.2) is 0 Å². The molecule has 1 saturated heterocycles. The van der Waals surface area contributed by atoms with Crippen LogP contribution < -0.4 is 0 Å². The molecular formula is C16H25BO2. The Morgan fingerprint density at radius 1 is 1.00 bits per heavy atom. The second-order valence-corrected chi connectivity index (χ2v) is 6.63. The number of rotatable bonds is 4. The molecule has 1 atom stereocenters. The zero-order valence-corrected chi connectivity index (χ0v) is 12.8. The molecule has 0 N–H and O–H groups in total. The van der Waals surface area contributed by atoms with Gasteiger partial charge in [-0.25, -0.2) is 0 Å². The van der Waals surface area contributed by atoms with E-state index in [1.807, 2.05) is 0 Å². The average molecular weight is 260 g/mol. The Bertz CT molecular complexity index is 398. The Morgan fingerprint density at radius 2 is 1.53 bits per heavy atom. The van der Waals surface area contributed by atoms with Gasteiger partial charge in [-0.05, 0) is 51.9 Å². The molecule has 2 nitrogen and oxygen atoms in total. The van der Waals surface area contributed by atoms with Crippen molar-refractivity contribution in [3.63, 3.8) is 0 Å². The predicted molar refractivity (Wildman–Crippen MR) is 80.3 cm³/mol. The molecule has 0 saturated carbocycles. The molecule has 1 aliphatic heterocycles. The summed E-state index contributed by atoms with van der Waals surface area (Å²) in [5, 5.41) is 0. The van der Waals surface area contributed by atoms with Crippen LogP contribution in [-0.4, -0.2) is 18.3 Å². The van der Waals surface area contributed by atoms with E-state index in [9.17, 15) is 0 Å². The van der Waals surface area contributed by atoms with Crippen LogP contribution >= 0.6 is 0 Å². The highest BCUT2D eigenvalue weighted by atomic mass is 16.7. The molecule has 1 aliphatic rings. The van der Waals surface area contributed by atoms with Crippen LogP contribution in [0.4, 0.5) is 0 Å². The van der Waals surface area contributed by atoms with Gasteiger partial charge in [-0.1, -0.05) is 37.3 Å². The van der Waals surface area contributed by atoms with Crippen LogP contribution in [-0.2, 0) is 15.7 Å². The van der Waals surface area contributed by atoms with Crippen molar-refractivity contribution in [3.8, 4) is 0 Å². The molecule has 1 aromatic carbocycles. The van der Waals surface area contributed by atoms with Crippen LogP contribution in [0.25, 0.3) is 0 Å². The molecule has 2 rings (SSSR count). The zero-order valence-electron chi connectivity index (χ0n) is 12.8. The van der Waals surface area contributed by atoms with Crippen LogP contribution in [0.1, 0.15) is 46.6 Å². The number of hydrogen-bond acceptors (Lipinski definition) is 2. The Hall–Kier alpha value is -0.795. The average Bonchev–Trinajstić information content (AvgIpc) is 2.57. The maximum Gasteiger partial charge on any atom is 0.460 e. The molecule has 0 aromatic heterocycles. The van der Waals surface area contributed by atoms with Gasteiger partial charge in [0.2, 0.25) is 0 Å². The largest absolute Gasteiger partial charge is 0.460 e. The van der Waals surface area contributed by atoms with Crippen molar-refractivity contribution in [1.82, 2.24) is 0 Å². The fourth-order valence-corrected chi connectivity index (χ4v) is 2.30. The minimum absolute atomic E-state index is 0.0892. The molecule has 1 fully saturated rings. The second-order valence-electron chi connectivity index (χ2n) is 6.63. The summed E-state index contributed by atoms with van der Waals surface area (Å²) in [6, 6.07) is 10.6. The van der Waals surface area contributed by atoms with Crippen LogP contribution in [0.5, 0.6) is 0 Å². The highest BCUT2D eigenvalue weighted by Crippen LogP contribution is 2.40. The van der Waals surface area contributed by atoms with E-state index in [1.165, 1.54) is 5.56 Å². The van der Waals surface area contributed by atoms with Gasteiger partial charge in [0.05, 0.1) is 11.2 Å². The Labute approximate surface area is 117 Å². The molecule has 0 unspecified atom stereocenters. The van der Waals surface area contributed by atoms with Gasteiger partial charge >= 0.3 is 7.12 Å². The monoisotopic (exact) mass is 260 g/mol. The van der Waals surface area contributed by atoms with Crippen molar-refractivity contribution in [2.24, 2.45) is 0 Å². The molecule has 1 aromatic rings. The van der Waals surface area contributed by atoms with E-state index < -0.39 is 0 Å². The standard InChI is InChI=1S/C16H25BO2/c1-13(11-12-14-9-7-6-8-10-14)17-18-15(2,3)16(4,5)19-17/h6-10,13H,11-12H2,1-5H3/t13-/m0/s1. The lowest BCUT2D eigenvalue weighted by atomic mass is 9.70. The van der Waals surface area contributed by atoms with Gasteiger partial charge in [-0.15, -0.1) is 0 Å². The Morgan fingerprint density at radius 3 is 2.05 bits per heavy atom. The molecule has 0 aliphatic carbocycles. The summed E-state index contributed by atoms with van der Waals surface area (Å²) in [4.78, 5) is 0. The summed E-state index contributed by atoms with van der Waals surface area (Å²) in [7, 11) is -0.0892. The van der Waals surface area contributed by atoms with E-state index in [-0.39, 0.29) is 18.3 Å². The van der Waals surface area contributed by atoms with Crippen molar-refractivity contribution in [3.05, 3.63) is 35.9 Å². The lowest BCUT2D eigenvalue weighted by Gasteiger charge is -2.32. The maximum atomic E-state index is 6.09. The first kappa shape index (κ1) is 14.6. The summed E-state index contributed by atoms with van der Waals surface area (Å²) < 4.78 is 12.2. The molecule has 0 radical (unpaired) electrons. The van der Waals surface area contributed by atoms with Crippen LogP contribution in [0, 0.1) is 0 Å². The number of aryl methyl sites for hydroxylation is 1. The van der Waals surface area contributed by atoms with Crippen molar-refractivity contribution >= 4 is 7.12 Å². The maximum absolute atomic E-state index is 6.09. The number of benzene rings is 1. The highest BCUT2D eigenvalue weighted by Gasteiger charge is 2.52. The third-order valence-electron chi connectivity index (χ3n) is 4.47. The smallest absolute Gasteiger partial charge is 0.403 e. The van der Waals surface area contributed by atoms with Gasteiger partial charge < -0.3 is 9.31 Å². The summed E-state index contributed by atoms with van der Waals surface area (Å²) in [6.45, 7) is 10.6. The van der Waals surface area contributed by atoms with Crippen molar-refractivity contribution < 1.29 is 9.31 Å². The first-order valence-corrected chi connectivity index (χ1v) is 7.21. The summed E-state index contributed by atoms with van der Waals surface area (Å²) in [5.74, 6) is 0.404. The van der Waals surface area contributed by atoms with Gasteiger partial charge in [0.25, 0.3) is 0 Å². The predicted octanol–water partition coefficient (Wildman–Crippen LogP) is 4.10. The molecule has 0 spiro atoms. The van der Waals surface area contributed by atoms with Gasteiger partial charge in [-0.2, -0.15) is 0 Å². The molecule has 19 heavy (non-hydrogen) atoms. The quantitative estimate of drug-likeness (QED) is 0.759. The number of hydrogen-bond donors (Lipinski definition) is 0. The normalized spacial score (nSPS) is 22.5. The fraction of sp³-hybridized carbons (Fsp3) is 0.625. The van der Waals surface area contributed by atoms with E-state index in [2.05, 4.69) is 65.0 Å². The Balaban J connectivity index is 1.90. The second kappa shape index (κ2) is 5.30. The van der Waals surface area contributed by atoms with E-state index in [0.717, 1.165) is 12.8 Å². The van der Waals surface area contributed by atoms with Gasteiger partial charge in [0, 0.05) is 0 Å². The summed E-state index contributed by atoms with van der Waals surface area (Å²) >= 11 is 0. The van der Waals surface area contributed by atoms with E-state index in [0.29, 0.717) is 5.82 Å². The van der Waals surface area contributed by atoms with Crippen LogP contribution in [0.15, 0.2) is 30.3 Å². The van der Waals surface area contributed by atoms with Gasteiger partial charge in [0.1, 0.15) is 0 Å². The minimum Gasteiger partial charge on any atom is -0.403 e. The molecular weight excluding hydrogens is 235 g/mol. The molecule has 104 valence electrons. The third-order valence-corrected chi connectivity index (χ3v) is 4.47. The zero-order chi connectivity index (χ0) is 14.1. The van der Waals surface area contributed by atoms with Crippen molar-refractivity contribution in [2.45, 2.75) is 64.5 Å². The van der Waals surface area contributed by atoms with Crippen molar-refractivity contribution in [2.75, 3.05) is 0 Å². The molecule has 3 heteroatoms. The molecule has 0 amide bonds. The van der Waals surface area contributed by atoms with E-state index >= 15 is 0 Å². The van der Waals surface area contributed by atoms with Crippen molar-refractivity contribution in [1.29, 1.82) is 0 Å². The third kappa shape index (κ3) is 3.21. The van der Waals surface area contributed by atoms with Crippen LogP contribution in [0.3, 0.4) is 0 Å². The highest BCUT2D eigenvalue weighted by molar-refractivity contribution is 6.47. The first-order valence-electron chi connectivity index (χ1n) is 7.21. The van der Waals surface area contributed by atoms with Crippen LogP contribution in [0.2, 0.25) is 5.82 Å². The lowest BCUT2D eigenvalue weighted by Crippen LogP contribution is -2.41.